The molecule has 1 N–H and O–H groups in total. The summed E-state index contributed by atoms with van der Waals surface area (Å²) < 4.78 is 0.220. The fraction of sp³-hybridized carbons (Fsp3) is 0.174. The number of alkyl halides is 3. The van der Waals surface area contributed by atoms with E-state index in [2.05, 4.69) is 16.7 Å². The summed E-state index contributed by atoms with van der Waals surface area (Å²) in [5.74, 6) is 0.0416. The number of aromatic nitrogens is 2. The molecule has 3 nitrogen and oxygen atoms in total. The van der Waals surface area contributed by atoms with Crippen LogP contribution in [0.4, 0.5) is 0 Å². The van der Waals surface area contributed by atoms with E-state index < -0.39 is 15.8 Å². The number of fused-ring (bicyclic) bond motifs is 1. The van der Waals surface area contributed by atoms with Crippen LogP contribution in [0.15, 0.2) is 84.9 Å². The van der Waals surface area contributed by atoms with Crippen LogP contribution in [0.3, 0.4) is 0 Å². The molecule has 0 aliphatic rings. The fourth-order valence-corrected chi connectivity index (χ4v) is 3.96. The maximum absolute atomic E-state index is 11.0. The largest absolute Gasteiger partial charge is 0.388 e. The van der Waals surface area contributed by atoms with Crippen molar-refractivity contribution in [2.45, 2.75) is 22.4 Å². The Bertz CT molecular complexity index is 1090. The topological polar surface area (TPSA) is 38.1 Å². The first kappa shape index (κ1) is 20.2. The van der Waals surface area contributed by atoms with Gasteiger partial charge in [-0.15, -0.1) is 0 Å². The van der Waals surface area contributed by atoms with Crippen LogP contribution < -0.4 is 0 Å². The van der Waals surface area contributed by atoms with E-state index in [1.54, 1.807) is 0 Å². The molecular formula is C23H19Cl3N2O. The lowest BCUT2D eigenvalue weighted by Crippen LogP contribution is -2.34. The van der Waals surface area contributed by atoms with E-state index in [0.717, 1.165) is 22.2 Å². The lowest BCUT2D eigenvalue weighted by Gasteiger charge is -2.28. The number of aliphatic hydroxyl groups is 1. The van der Waals surface area contributed by atoms with E-state index >= 15 is 0 Å². The predicted octanol–water partition coefficient (Wildman–Crippen LogP) is 5.95. The van der Waals surface area contributed by atoms with Gasteiger partial charge in [-0.2, -0.15) is 0 Å². The molecule has 4 rings (SSSR count). The van der Waals surface area contributed by atoms with Crippen molar-refractivity contribution in [2.24, 2.45) is 0 Å². The molecule has 0 fully saturated rings. The average molecular weight is 446 g/mol. The summed E-state index contributed by atoms with van der Waals surface area (Å²) >= 11 is 18.4. The van der Waals surface area contributed by atoms with Crippen molar-refractivity contribution in [2.75, 3.05) is 0 Å². The van der Waals surface area contributed by atoms with Gasteiger partial charge in [-0.05, 0) is 23.3 Å². The molecule has 0 bridgehead atoms. The molecule has 0 unspecified atom stereocenters. The molecule has 1 aromatic heterocycles. The molecule has 0 amide bonds. The number of nitrogens with zero attached hydrogens (tertiary/aromatic N) is 2. The third-order valence-corrected chi connectivity index (χ3v) is 5.63. The molecule has 148 valence electrons. The van der Waals surface area contributed by atoms with Gasteiger partial charge in [0.1, 0.15) is 11.9 Å². The molecule has 1 heterocycles. The van der Waals surface area contributed by atoms with E-state index in [4.69, 9.17) is 39.8 Å². The first-order valence-corrected chi connectivity index (χ1v) is 10.4. The standard InChI is InChI=1S/C23H19Cl3N2O/c24-23(25,26)21(29)20(17-11-5-2-6-12-17)22-27-18-13-7-8-14-19(18)28(22)15-16-9-3-1-4-10-16/h1-14,20-21,29H,15H2/t20-,21+/m0/s1. The van der Waals surface area contributed by atoms with E-state index in [9.17, 15) is 5.11 Å². The molecule has 0 aliphatic carbocycles. The minimum Gasteiger partial charge on any atom is -0.388 e. The van der Waals surface area contributed by atoms with Crippen molar-refractivity contribution in [3.63, 3.8) is 0 Å². The SMILES string of the molecule is O[C@H]([C@H](c1ccccc1)c1nc2ccccc2n1Cc1ccccc1)C(Cl)(Cl)Cl. The van der Waals surface area contributed by atoms with Crippen molar-refractivity contribution in [1.29, 1.82) is 0 Å². The molecule has 0 radical (unpaired) electrons. The van der Waals surface area contributed by atoms with Gasteiger partial charge in [0.15, 0.2) is 0 Å². The third-order valence-electron chi connectivity index (χ3n) is 4.96. The summed E-state index contributed by atoms with van der Waals surface area (Å²) in [6.45, 7) is 0.590. The number of aliphatic hydroxyl groups excluding tert-OH is 1. The summed E-state index contributed by atoms with van der Waals surface area (Å²) in [4.78, 5) is 4.85. The first-order chi connectivity index (χ1) is 13.9. The Kier molecular flexibility index (Phi) is 5.84. The Morgan fingerprint density at radius 2 is 1.41 bits per heavy atom. The van der Waals surface area contributed by atoms with E-state index in [0.29, 0.717) is 12.4 Å². The van der Waals surface area contributed by atoms with Gasteiger partial charge in [-0.3, -0.25) is 0 Å². The highest BCUT2D eigenvalue weighted by atomic mass is 35.6. The second-order valence-electron chi connectivity index (χ2n) is 6.91. The van der Waals surface area contributed by atoms with Gasteiger partial charge in [-0.25, -0.2) is 4.98 Å². The van der Waals surface area contributed by atoms with Crippen molar-refractivity contribution in [3.8, 4) is 0 Å². The lowest BCUT2D eigenvalue weighted by molar-refractivity contribution is 0.156. The molecule has 29 heavy (non-hydrogen) atoms. The number of halogens is 3. The van der Waals surface area contributed by atoms with Gasteiger partial charge >= 0.3 is 0 Å². The van der Waals surface area contributed by atoms with E-state index in [1.807, 2.05) is 72.8 Å². The van der Waals surface area contributed by atoms with Crippen LogP contribution in [-0.4, -0.2) is 24.6 Å². The zero-order valence-electron chi connectivity index (χ0n) is 15.4. The minimum atomic E-state index is -1.86. The number of hydrogen-bond donors (Lipinski definition) is 1. The molecule has 4 aromatic rings. The molecule has 0 saturated carbocycles. The van der Waals surface area contributed by atoms with Crippen LogP contribution in [0.25, 0.3) is 11.0 Å². The molecule has 0 spiro atoms. The maximum atomic E-state index is 11.0. The third kappa shape index (κ3) is 4.29. The Hall–Kier alpha value is -2.04. The average Bonchev–Trinajstić information content (AvgIpc) is 3.07. The number of hydrogen-bond acceptors (Lipinski definition) is 2. The minimum absolute atomic E-state index is 0.590. The van der Waals surface area contributed by atoms with Gasteiger partial charge < -0.3 is 9.67 Å². The zero-order valence-corrected chi connectivity index (χ0v) is 17.7. The second-order valence-corrected chi connectivity index (χ2v) is 9.27. The van der Waals surface area contributed by atoms with Crippen LogP contribution in [-0.2, 0) is 6.54 Å². The van der Waals surface area contributed by atoms with Gasteiger partial charge in [-0.1, -0.05) is 108 Å². The molecule has 0 aliphatic heterocycles. The quantitative estimate of drug-likeness (QED) is 0.386. The molecule has 0 saturated heterocycles. The Morgan fingerprint density at radius 3 is 2.07 bits per heavy atom. The highest BCUT2D eigenvalue weighted by Crippen LogP contribution is 2.41. The fourth-order valence-electron chi connectivity index (χ4n) is 3.59. The summed E-state index contributed by atoms with van der Waals surface area (Å²) in [5, 5.41) is 11.0. The van der Waals surface area contributed by atoms with Gasteiger partial charge in [0.05, 0.1) is 17.0 Å². The van der Waals surface area contributed by atoms with Crippen LogP contribution in [0.2, 0.25) is 0 Å². The van der Waals surface area contributed by atoms with Crippen LogP contribution in [0, 0.1) is 0 Å². The summed E-state index contributed by atoms with van der Waals surface area (Å²) in [7, 11) is 0. The first-order valence-electron chi connectivity index (χ1n) is 9.24. The van der Waals surface area contributed by atoms with E-state index in [1.165, 1.54) is 0 Å². The summed E-state index contributed by atoms with van der Waals surface area (Å²) in [6, 6.07) is 27.5. The smallest absolute Gasteiger partial charge is 0.217 e. The molecule has 6 heteroatoms. The summed E-state index contributed by atoms with van der Waals surface area (Å²) in [6.07, 6.45) is -1.28. The van der Waals surface area contributed by atoms with Crippen LogP contribution >= 0.6 is 34.8 Å². The predicted molar refractivity (Wildman–Crippen MR) is 120 cm³/mol. The van der Waals surface area contributed by atoms with E-state index in [-0.39, 0.29) is 0 Å². The molecular weight excluding hydrogens is 427 g/mol. The highest BCUT2D eigenvalue weighted by molar-refractivity contribution is 6.68. The number of para-hydroxylation sites is 2. The van der Waals surface area contributed by atoms with Gasteiger partial charge in [0.25, 0.3) is 0 Å². The van der Waals surface area contributed by atoms with Crippen LogP contribution in [0.5, 0.6) is 0 Å². The van der Waals surface area contributed by atoms with Crippen molar-refractivity contribution in [1.82, 2.24) is 9.55 Å². The van der Waals surface area contributed by atoms with Crippen LogP contribution in [0.1, 0.15) is 22.9 Å². The summed E-state index contributed by atoms with van der Waals surface area (Å²) in [5.41, 5.74) is 3.74. The van der Waals surface area contributed by atoms with Crippen molar-refractivity contribution in [3.05, 3.63) is 102 Å². The maximum Gasteiger partial charge on any atom is 0.217 e. The number of imidazole rings is 1. The van der Waals surface area contributed by atoms with Gasteiger partial charge in [0, 0.05) is 6.54 Å². The Labute approximate surface area is 184 Å². The number of benzene rings is 3. The monoisotopic (exact) mass is 444 g/mol. The van der Waals surface area contributed by atoms with Gasteiger partial charge in [0.2, 0.25) is 3.79 Å². The second kappa shape index (κ2) is 8.37. The van der Waals surface area contributed by atoms with Crippen molar-refractivity contribution >= 4 is 45.8 Å². The lowest BCUT2D eigenvalue weighted by atomic mass is 9.93. The molecule has 2 atom stereocenters. The number of rotatable bonds is 5. The van der Waals surface area contributed by atoms with Crippen molar-refractivity contribution < 1.29 is 5.11 Å². The zero-order chi connectivity index (χ0) is 20.4. The highest BCUT2D eigenvalue weighted by Gasteiger charge is 2.41. The Balaban J connectivity index is 1.92. The normalized spacial score (nSPS) is 14.1. The Morgan fingerprint density at radius 1 is 0.828 bits per heavy atom. The molecule has 3 aromatic carbocycles.